The molecule has 5 heteroatoms. The molecule has 0 bridgehead atoms. The van der Waals surface area contributed by atoms with Gasteiger partial charge in [-0.25, -0.2) is 4.79 Å². The molecule has 5 nitrogen and oxygen atoms in total. The van der Waals surface area contributed by atoms with Crippen molar-refractivity contribution in [2.45, 2.75) is 19.4 Å². The second-order valence-corrected chi connectivity index (χ2v) is 3.35. The van der Waals surface area contributed by atoms with E-state index in [2.05, 4.69) is 5.32 Å². The van der Waals surface area contributed by atoms with Gasteiger partial charge in [0, 0.05) is 0 Å². The summed E-state index contributed by atoms with van der Waals surface area (Å²) >= 11 is 0. The third-order valence-corrected chi connectivity index (χ3v) is 2.19. The Hall–Kier alpha value is -1.88. The Kier molecular flexibility index (Phi) is 4.02. The van der Waals surface area contributed by atoms with Crippen LogP contribution in [0.5, 0.6) is 0 Å². The van der Waals surface area contributed by atoms with Crippen LogP contribution >= 0.6 is 0 Å². The van der Waals surface area contributed by atoms with Crippen LogP contribution in [0, 0.1) is 0 Å². The van der Waals surface area contributed by atoms with Crippen molar-refractivity contribution in [3.8, 4) is 0 Å². The molecule has 1 unspecified atom stereocenters. The summed E-state index contributed by atoms with van der Waals surface area (Å²) in [5.74, 6) is -1.46. The van der Waals surface area contributed by atoms with Gasteiger partial charge in [-0.2, -0.15) is 0 Å². The van der Waals surface area contributed by atoms with E-state index in [1.807, 2.05) is 0 Å². The predicted molar refractivity (Wildman–Crippen MR) is 60.3 cm³/mol. The number of carbonyl (C=O) groups is 2. The maximum Gasteiger partial charge on any atom is 0.337 e. The standard InChI is InChI=1S/C11H14N2O3/c1-2-8(12)10(14)13-9-6-4-3-5-7(9)11(15)16/h3-6,8H,2,12H2,1H3,(H,13,14)(H,15,16). The highest BCUT2D eigenvalue weighted by Crippen LogP contribution is 2.15. The molecule has 0 fully saturated rings. The van der Waals surface area contributed by atoms with E-state index in [-0.39, 0.29) is 17.2 Å². The first-order valence-electron chi connectivity index (χ1n) is 4.95. The first kappa shape index (κ1) is 12.2. The molecule has 1 rings (SSSR count). The molecule has 0 heterocycles. The average Bonchev–Trinajstić information content (AvgIpc) is 2.28. The monoisotopic (exact) mass is 222 g/mol. The second-order valence-electron chi connectivity index (χ2n) is 3.35. The van der Waals surface area contributed by atoms with Crippen LogP contribution in [0.3, 0.4) is 0 Å². The number of nitrogens with one attached hydrogen (secondary N) is 1. The molecule has 1 amide bonds. The summed E-state index contributed by atoms with van der Waals surface area (Å²) in [7, 11) is 0. The van der Waals surface area contributed by atoms with Gasteiger partial charge in [-0.3, -0.25) is 4.79 Å². The number of rotatable bonds is 4. The third-order valence-electron chi connectivity index (χ3n) is 2.19. The Morgan fingerprint density at radius 2 is 2.06 bits per heavy atom. The van der Waals surface area contributed by atoms with Gasteiger partial charge in [0.25, 0.3) is 0 Å². The van der Waals surface area contributed by atoms with Gasteiger partial charge in [-0.15, -0.1) is 0 Å². The molecule has 0 spiro atoms. The Morgan fingerprint density at radius 3 is 2.62 bits per heavy atom. The Balaban J connectivity index is 2.89. The van der Waals surface area contributed by atoms with Crippen LogP contribution in [0.1, 0.15) is 23.7 Å². The molecule has 4 N–H and O–H groups in total. The van der Waals surface area contributed by atoms with Gasteiger partial charge in [0.15, 0.2) is 0 Å². The van der Waals surface area contributed by atoms with Crippen molar-refractivity contribution in [3.63, 3.8) is 0 Å². The van der Waals surface area contributed by atoms with Gasteiger partial charge < -0.3 is 16.2 Å². The summed E-state index contributed by atoms with van der Waals surface area (Å²) in [5.41, 5.74) is 5.85. The zero-order valence-corrected chi connectivity index (χ0v) is 8.93. The summed E-state index contributed by atoms with van der Waals surface area (Å²) < 4.78 is 0. The van der Waals surface area contributed by atoms with Crippen molar-refractivity contribution in [2.24, 2.45) is 5.73 Å². The van der Waals surface area contributed by atoms with Gasteiger partial charge in [0.05, 0.1) is 17.3 Å². The Labute approximate surface area is 93.3 Å². The maximum atomic E-state index is 11.5. The van der Waals surface area contributed by atoms with E-state index in [9.17, 15) is 9.59 Å². The number of carboxylic acid groups (broad SMARTS) is 1. The summed E-state index contributed by atoms with van der Waals surface area (Å²) in [6.45, 7) is 1.79. The summed E-state index contributed by atoms with van der Waals surface area (Å²) in [4.78, 5) is 22.3. The van der Waals surface area contributed by atoms with Crippen LogP contribution in [0.15, 0.2) is 24.3 Å². The molecule has 0 saturated carbocycles. The van der Waals surface area contributed by atoms with E-state index in [1.54, 1.807) is 19.1 Å². The smallest absolute Gasteiger partial charge is 0.337 e. The van der Waals surface area contributed by atoms with Gasteiger partial charge in [-0.05, 0) is 18.6 Å². The predicted octanol–water partition coefficient (Wildman–Crippen LogP) is 1.06. The minimum Gasteiger partial charge on any atom is -0.478 e. The van der Waals surface area contributed by atoms with Crippen LogP contribution in [0.4, 0.5) is 5.69 Å². The average molecular weight is 222 g/mol. The quantitative estimate of drug-likeness (QED) is 0.710. The summed E-state index contributed by atoms with van der Waals surface area (Å²) in [6.07, 6.45) is 0.501. The minimum atomic E-state index is -1.08. The van der Waals surface area contributed by atoms with Gasteiger partial charge in [0.2, 0.25) is 5.91 Å². The molecule has 1 aromatic rings. The molecule has 0 aliphatic heterocycles. The molecule has 0 aliphatic rings. The largest absolute Gasteiger partial charge is 0.478 e. The molecule has 16 heavy (non-hydrogen) atoms. The number of nitrogens with two attached hydrogens (primary N) is 1. The van der Waals surface area contributed by atoms with Crippen LogP contribution in [-0.2, 0) is 4.79 Å². The van der Waals surface area contributed by atoms with Crippen LogP contribution in [0.2, 0.25) is 0 Å². The summed E-state index contributed by atoms with van der Waals surface area (Å²) in [6, 6.07) is 5.58. The van der Waals surface area contributed by atoms with E-state index in [4.69, 9.17) is 10.8 Å². The number of amides is 1. The lowest BCUT2D eigenvalue weighted by atomic mass is 10.1. The van der Waals surface area contributed by atoms with Gasteiger partial charge >= 0.3 is 5.97 Å². The lowest BCUT2D eigenvalue weighted by Crippen LogP contribution is -2.35. The van der Waals surface area contributed by atoms with Crippen molar-refractivity contribution < 1.29 is 14.7 Å². The Morgan fingerprint density at radius 1 is 1.44 bits per heavy atom. The molecule has 0 saturated heterocycles. The maximum absolute atomic E-state index is 11.5. The van der Waals surface area contributed by atoms with E-state index in [1.165, 1.54) is 12.1 Å². The molecule has 0 aliphatic carbocycles. The normalized spacial score (nSPS) is 11.9. The van der Waals surface area contributed by atoms with Crippen molar-refractivity contribution in [3.05, 3.63) is 29.8 Å². The second kappa shape index (κ2) is 5.27. The van der Waals surface area contributed by atoms with Crippen molar-refractivity contribution >= 4 is 17.6 Å². The van der Waals surface area contributed by atoms with E-state index < -0.39 is 12.0 Å². The molecule has 1 aromatic carbocycles. The Bertz CT molecular complexity index is 404. The molecule has 86 valence electrons. The third kappa shape index (κ3) is 2.80. The van der Waals surface area contributed by atoms with E-state index in [0.29, 0.717) is 6.42 Å². The van der Waals surface area contributed by atoms with Crippen molar-refractivity contribution in [2.75, 3.05) is 5.32 Å². The SMILES string of the molecule is CCC(N)C(=O)Nc1ccccc1C(=O)O. The summed E-state index contributed by atoms with van der Waals surface area (Å²) in [5, 5.41) is 11.4. The highest BCUT2D eigenvalue weighted by molar-refractivity contribution is 6.01. The highest BCUT2D eigenvalue weighted by atomic mass is 16.4. The first-order valence-corrected chi connectivity index (χ1v) is 4.95. The van der Waals surface area contributed by atoms with Gasteiger partial charge in [0.1, 0.15) is 0 Å². The van der Waals surface area contributed by atoms with Gasteiger partial charge in [-0.1, -0.05) is 19.1 Å². The topological polar surface area (TPSA) is 92.4 Å². The number of benzene rings is 1. The molecule has 0 radical (unpaired) electrons. The zero-order chi connectivity index (χ0) is 12.1. The molecule has 0 aromatic heterocycles. The number of carboxylic acids is 1. The number of anilines is 1. The number of aromatic carboxylic acids is 1. The number of para-hydroxylation sites is 1. The zero-order valence-electron chi connectivity index (χ0n) is 8.93. The first-order chi connectivity index (χ1) is 7.56. The van der Waals surface area contributed by atoms with Crippen molar-refractivity contribution in [1.29, 1.82) is 0 Å². The van der Waals surface area contributed by atoms with Crippen LogP contribution in [0.25, 0.3) is 0 Å². The fourth-order valence-corrected chi connectivity index (χ4v) is 1.19. The van der Waals surface area contributed by atoms with E-state index in [0.717, 1.165) is 0 Å². The fraction of sp³-hybridized carbons (Fsp3) is 0.273. The number of hydrogen-bond donors (Lipinski definition) is 3. The molecular weight excluding hydrogens is 208 g/mol. The lowest BCUT2D eigenvalue weighted by Gasteiger charge is -2.11. The van der Waals surface area contributed by atoms with E-state index >= 15 is 0 Å². The van der Waals surface area contributed by atoms with Crippen molar-refractivity contribution in [1.82, 2.24) is 0 Å². The van der Waals surface area contributed by atoms with Crippen LogP contribution in [-0.4, -0.2) is 23.0 Å². The number of hydrogen-bond acceptors (Lipinski definition) is 3. The lowest BCUT2D eigenvalue weighted by molar-refractivity contribution is -0.117. The number of carbonyl (C=O) groups excluding carboxylic acids is 1. The van der Waals surface area contributed by atoms with Crippen LogP contribution < -0.4 is 11.1 Å². The molecular formula is C11H14N2O3. The fourth-order valence-electron chi connectivity index (χ4n) is 1.19. The highest BCUT2D eigenvalue weighted by Gasteiger charge is 2.15. The molecule has 1 atom stereocenters. The minimum absolute atomic E-state index is 0.0548.